The van der Waals surface area contributed by atoms with Gasteiger partial charge in [0.15, 0.2) is 0 Å². The van der Waals surface area contributed by atoms with Crippen LogP contribution in [0, 0.1) is 0 Å². The van der Waals surface area contributed by atoms with Crippen molar-refractivity contribution >= 4 is 56.4 Å². The number of hydrogen-bond acceptors (Lipinski definition) is 6. The molecule has 0 unspecified atom stereocenters. The number of halogens is 2. The summed E-state index contributed by atoms with van der Waals surface area (Å²) in [5.74, 6) is 0. The van der Waals surface area contributed by atoms with Gasteiger partial charge in [-0.15, -0.1) is 0 Å². The normalized spacial score (nSPS) is 10.4. The van der Waals surface area contributed by atoms with Gasteiger partial charge >= 0.3 is 10.4 Å². The van der Waals surface area contributed by atoms with Crippen LogP contribution in [0.15, 0.2) is 84.9 Å². The summed E-state index contributed by atoms with van der Waals surface area (Å²) >= 11 is 11.9. The van der Waals surface area contributed by atoms with Crippen LogP contribution in [-0.2, 0) is 10.4 Å². The third-order valence-electron chi connectivity index (χ3n) is 4.49. The number of benzene rings is 4. The molecular formula is C24H24Cl2N4O4S. The molecule has 0 fully saturated rings. The van der Waals surface area contributed by atoms with Gasteiger partial charge in [0.25, 0.3) is 0 Å². The van der Waals surface area contributed by atoms with Crippen LogP contribution < -0.4 is 22.9 Å². The van der Waals surface area contributed by atoms with Gasteiger partial charge in [0.1, 0.15) is 0 Å². The Morgan fingerprint density at radius 2 is 0.771 bits per heavy atom. The van der Waals surface area contributed by atoms with Crippen molar-refractivity contribution in [3.63, 3.8) is 0 Å². The highest BCUT2D eigenvalue weighted by atomic mass is 35.5. The molecule has 0 aliphatic heterocycles. The lowest BCUT2D eigenvalue weighted by Gasteiger charge is -2.06. The van der Waals surface area contributed by atoms with Crippen LogP contribution in [0.5, 0.6) is 0 Å². The average Bonchev–Trinajstić information content (AvgIpc) is 2.78. The molecule has 0 saturated heterocycles. The Labute approximate surface area is 213 Å². The van der Waals surface area contributed by atoms with E-state index in [4.69, 9.17) is 63.7 Å². The lowest BCUT2D eigenvalue weighted by atomic mass is 10.1. The minimum atomic E-state index is -4.67. The maximum Gasteiger partial charge on any atom is 0.394 e. The molecule has 4 rings (SSSR count). The van der Waals surface area contributed by atoms with Gasteiger partial charge in [-0.05, 0) is 70.8 Å². The van der Waals surface area contributed by atoms with Crippen molar-refractivity contribution in [3.05, 3.63) is 95.0 Å². The molecule has 0 aliphatic carbocycles. The van der Waals surface area contributed by atoms with E-state index in [-0.39, 0.29) is 0 Å². The van der Waals surface area contributed by atoms with Gasteiger partial charge in [0, 0.05) is 11.4 Å². The number of nitrogens with two attached hydrogens (primary N) is 4. The highest BCUT2D eigenvalue weighted by Crippen LogP contribution is 2.30. The highest BCUT2D eigenvalue weighted by molar-refractivity contribution is 7.79. The zero-order valence-corrected chi connectivity index (χ0v) is 20.6. The molecule has 0 amide bonds. The minimum Gasteiger partial charge on any atom is -0.399 e. The second kappa shape index (κ2) is 12.3. The monoisotopic (exact) mass is 534 g/mol. The summed E-state index contributed by atoms with van der Waals surface area (Å²) in [6.07, 6.45) is 0. The molecule has 0 spiro atoms. The van der Waals surface area contributed by atoms with E-state index >= 15 is 0 Å². The Hall–Kier alpha value is -3.47. The summed E-state index contributed by atoms with van der Waals surface area (Å²) in [5, 5.41) is 1.07. The van der Waals surface area contributed by atoms with E-state index in [1.54, 1.807) is 24.3 Å². The fraction of sp³-hybridized carbons (Fsp3) is 0. The van der Waals surface area contributed by atoms with Gasteiger partial charge in [-0.25, -0.2) is 0 Å². The Kier molecular flexibility index (Phi) is 9.76. The Bertz CT molecular complexity index is 1280. The van der Waals surface area contributed by atoms with Crippen molar-refractivity contribution in [2.45, 2.75) is 0 Å². The first-order chi connectivity index (χ1) is 16.3. The summed E-state index contributed by atoms with van der Waals surface area (Å²) < 4.78 is 31.6. The van der Waals surface area contributed by atoms with Crippen LogP contribution in [0.3, 0.4) is 0 Å². The van der Waals surface area contributed by atoms with Crippen molar-refractivity contribution in [1.29, 1.82) is 0 Å². The van der Waals surface area contributed by atoms with Crippen molar-refractivity contribution < 1.29 is 17.5 Å². The van der Waals surface area contributed by atoms with E-state index in [1.807, 2.05) is 60.7 Å². The summed E-state index contributed by atoms with van der Waals surface area (Å²) in [6, 6.07) is 26.5. The summed E-state index contributed by atoms with van der Waals surface area (Å²) in [6.45, 7) is 0. The van der Waals surface area contributed by atoms with Gasteiger partial charge < -0.3 is 22.9 Å². The zero-order chi connectivity index (χ0) is 26.2. The van der Waals surface area contributed by atoms with Crippen LogP contribution in [-0.4, -0.2) is 17.5 Å². The fourth-order valence-electron chi connectivity index (χ4n) is 2.76. The molecule has 11 heteroatoms. The van der Waals surface area contributed by atoms with Gasteiger partial charge in [-0.1, -0.05) is 59.6 Å². The summed E-state index contributed by atoms with van der Waals surface area (Å²) in [5.41, 5.74) is 29.4. The molecule has 0 aliphatic rings. The van der Waals surface area contributed by atoms with E-state index in [0.29, 0.717) is 21.4 Å². The fourth-order valence-corrected chi connectivity index (χ4v) is 3.13. The lowest BCUT2D eigenvalue weighted by molar-refractivity contribution is 0.381. The first kappa shape index (κ1) is 27.8. The van der Waals surface area contributed by atoms with Gasteiger partial charge in [-0.2, -0.15) is 8.42 Å². The molecule has 0 aromatic heterocycles. The average molecular weight is 535 g/mol. The van der Waals surface area contributed by atoms with Crippen molar-refractivity contribution in [3.8, 4) is 22.3 Å². The van der Waals surface area contributed by atoms with Gasteiger partial charge in [0.2, 0.25) is 0 Å². The van der Waals surface area contributed by atoms with E-state index in [9.17, 15) is 0 Å². The lowest BCUT2D eigenvalue weighted by Crippen LogP contribution is -1.89. The number of hydrogen-bond donors (Lipinski definition) is 6. The largest absolute Gasteiger partial charge is 0.399 e. The van der Waals surface area contributed by atoms with Crippen molar-refractivity contribution in [2.75, 3.05) is 22.9 Å². The first-order valence-electron chi connectivity index (χ1n) is 9.85. The minimum absolute atomic E-state index is 0.533. The second-order valence-electron chi connectivity index (χ2n) is 7.16. The second-order valence-corrected chi connectivity index (χ2v) is 8.87. The Balaban J connectivity index is 0.000000209. The molecule has 0 bridgehead atoms. The van der Waals surface area contributed by atoms with E-state index in [0.717, 1.165) is 33.6 Å². The molecule has 0 atom stereocenters. The third kappa shape index (κ3) is 9.73. The Morgan fingerprint density at radius 1 is 0.514 bits per heavy atom. The maximum absolute atomic E-state index is 8.74. The number of anilines is 4. The SMILES string of the molecule is Nc1ccc(-c2ccc(N)c(Cl)c2)cc1Cl.Nc1ccc(-c2ccc(N)cc2)cc1.O=S(=O)(O)O. The summed E-state index contributed by atoms with van der Waals surface area (Å²) in [4.78, 5) is 0. The van der Waals surface area contributed by atoms with Gasteiger partial charge in [-0.3, -0.25) is 9.11 Å². The third-order valence-corrected chi connectivity index (χ3v) is 5.14. The van der Waals surface area contributed by atoms with Crippen LogP contribution in [0.2, 0.25) is 10.0 Å². The molecule has 4 aromatic carbocycles. The highest BCUT2D eigenvalue weighted by Gasteiger charge is 2.03. The molecule has 8 nitrogen and oxygen atoms in total. The molecule has 0 heterocycles. The van der Waals surface area contributed by atoms with Crippen LogP contribution in [0.1, 0.15) is 0 Å². The summed E-state index contributed by atoms with van der Waals surface area (Å²) in [7, 11) is -4.67. The molecule has 4 aromatic rings. The Morgan fingerprint density at radius 3 is 1.03 bits per heavy atom. The molecule has 0 radical (unpaired) electrons. The maximum atomic E-state index is 8.74. The molecule has 0 saturated carbocycles. The molecule has 184 valence electrons. The van der Waals surface area contributed by atoms with E-state index in [1.165, 1.54) is 0 Å². The quantitative estimate of drug-likeness (QED) is 0.140. The van der Waals surface area contributed by atoms with Crippen LogP contribution in [0.4, 0.5) is 22.7 Å². The predicted octanol–water partition coefficient (Wildman–Crippen LogP) is 5.69. The first-order valence-corrected chi connectivity index (χ1v) is 12.0. The number of rotatable bonds is 2. The zero-order valence-electron chi connectivity index (χ0n) is 18.3. The molecular weight excluding hydrogens is 511 g/mol. The number of nitrogen functional groups attached to an aromatic ring is 4. The van der Waals surface area contributed by atoms with Crippen LogP contribution in [0.25, 0.3) is 22.3 Å². The van der Waals surface area contributed by atoms with Crippen molar-refractivity contribution in [2.24, 2.45) is 0 Å². The standard InChI is InChI=1S/C12H10Cl2N2.C12H12N2.H2O4S/c13-9-5-7(1-3-11(9)15)8-2-4-12(16)10(14)6-8;13-11-5-1-9(2-6-11)10-3-7-12(14)8-4-10;1-5(2,3)4/h1-6H,15-16H2;1-8H,13-14H2;(H2,1,2,3,4). The van der Waals surface area contributed by atoms with Crippen molar-refractivity contribution in [1.82, 2.24) is 0 Å². The topological polar surface area (TPSA) is 179 Å². The van der Waals surface area contributed by atoms with E-state index < -0.39 is 10.4 Å². The van der Waals surface area contributed by atoms with Gasteiger partial charge in [0.05, 0.1) is 21.4 Å². The smallest absolute Gasteiger partial charge is 0.394 e. The molecule has 35 heavy (non-hydrogen) atoms. The molecule has 10 N–H and O–H groups in total. The van der Waals surface area contributed by atoms with Crippen LogP contribution >= 0.6 is 23.2 Å². The predicted molar refractivity (Wildman–Crippen MR) is 146 cm³/mol. The van der Waals surface area contributed by atoms with E-state index in [2.05, 4.69) is 0 Å².